The molecule has 0 spiro atoms. The van der Waals surface area contributed by atoms with Crippen LogP contribution in [0.25, 0.3) is 17.8 Å². The molecule has 1 fully saturated rings. The van der Waals surface area contributed by atoms with Gasteiger partial charge >= 0.3 is 0 Å². The number of allylic oxidation sites excluding steroid dienone is 9. The third-order valence-corrected chi connectivity index (χ3v) is 9.84. The van der Waals surface area contributed by atoms with Gasteiger partial charge in [-0.3, -0.25) is 0 Å². The summed E-state index contributed by atoms with van der Waals surface area (Å²) in [7, 11) is 0. The van der Waals surface area contributed by atoms with E-state index < -0.39 is 0 Å². The molecular formula is C34H37NS. The molecule has 4 aliphatic rings. The number of thioether (sulfide) groups is 1. The fourth-order valence-electron chi connectivity index (χ4n) is 6.43. The molecule has 3 unspecified atom stereocenters. The van der Waals surface area contributed by atoms with Gasteiger partial charge in [-0.2, -0.15) is 0 Å². The highest BCUT2D eigenvalue weighted by Gasteiger charge is 2.39. The second kappa shape index (κ2) is 9.98. The predicted octanol–water partition coefficient (Wildman–Crippen LogP) is 9.21. The summed E-state index contributed by atoms with van der Waals surface area (Å²) in [5.74, 6) is 1.85. The van der Waals surface area contributed by atoms with E-state index in [0.29, 0.717) is 23.0 Å². The predicted molar refractivity (Wildman–Crippen MR) is 158 cm³/mol. The van der Waals surface area contributed by atoms with E-state index >= 15 is 0 Å². The summed E-state index contributed by atoms with van der Waals surface area (Å²) in [4.78, 5) is 1.63. The molecule has 0 bridgehead atoms. The Morgan fingerprint density at radius 1 is 1.11 bits per heavy atom. The molecule has 184 valence electrons. The molecule has 1 aliphatic heterocycles. The molecule has 1 aromatic heterocycles. The molecule has 1 aromatic carbocycles. The van der Waals surface area contributed by atoms with Gasteiger partial charge in [0.25, 0.3) is 0 Å². The first-order valence-electron chi connectivity index (χ1n) is 13.8. The Bertz CT molecular complexity index is 1340. The van der Waals surface area contributed by atoms with Gasteiger partial charge in [-0.15, -0.1) is 11.8 Å². The van der Waals surface area contributed by atoms with Crippen molar-refractivity contribution in [2.24, 2.45) is 11.8 Å². The molecule has 6 rings (SSSR count). The zero-order valence-electron chi connectivity index (χ0n) is 21.8. The van der Waals surface area contributed by atoms with E-state index in [4.69, 9.17) is 0 Å². The highest BCUT2D eigenvalue weighted by molar-refractivity contribution is 8.04. The summed E-state index contributed by atoms with van der Waals surface area (Å²) in [5.41, 5.74) is 10.0. The van der Waals surface area contributed by atoms with Crippen LogP contribution in [0.15, 0.2) is 83.4 Å². The van der Waals surface area contributed by atoms with Crippen molar-refractivity contribution >= 4 is 23.9 Å². The Kier molecular flexibility index (Phi) is 6.56. The highest BCUT2D eigenvalue weighted by atomic mass is 32.2. The summed E-state index contributed by atoms with van der Waals surface area (Å²) in [6.07, 6.45) is 29.2. The maximum absolute atomic E-state index is 2.53. The standard InChI is InChI=1S/C34H37NS/c1-4-27-28-16-5-7-19-32(28)35(26-15-9-14-25(22-26)23(2)3)31(27)20-11-13-24-12-10-18-30-29-17-6-8-21-33(29)36-34(24)30/h6-12,14-15,17,19-23,29-30,33H,4-5,13,16,18H2,1-3H3/b20-11-. The van der Waals surface area contributed by atoms with Crippen LogP contribution in [0, 0.1) is 11.8 Å². The van der Waals surface area contributed by atoms with Crippen LogP contribution >= 0.6 is 11.8 Å². The van der Waals surface area contributed by atoms with E-state index in [-0.39, 0.29) is 0 Å². The average molecular weight is 492 g/mol. The van der Waals surface area contributed by atoms with E-state index in [1.165, 1.54) is 40.2 Å². The van der Waals surface area contributed by atoms with Gasteiger partial charge in [0, 0.05) is 34.2 Å². The smallest absolute Gasteiger partial charge is 0.0494 e. The maximum Gasteiger partial charge on any atom is 0.0494 e. The van der Waals surface area contributed by atoms with Gasteiger partial charge in [0.2, 0.25) is 0 Å². The Morgan fingerprint density at radius 3 is 2.86 bits per heavy atom. The van der Waals surface area contributed by atoms with Crippen LogP contribution in [-0.2, 0) is 12.8 Å². The van der Waals surface area contributed by atoms with E-state index in [1.54, 1.807) is 10.5 Å². The van der Waals surface area contributed by atoms with Crippen molar-refractivity contribution < 1.29 is 0 Å². The van der Waals surface area contributed by atoms with Gasteiger partial charge in [-0.1, -0.05) is 81.5 Å². The quantitative estimate of drug-likeness (QED) is 0.390. The molecule has 3 atom stereocenters. The molecule has 0 saturated carbocycles. The van der Waals surface area contributed by atoms with Crippen LogP contribution in [0.1, 0.15) is 74.0 Å². The summed E-state index contributed by atoms with van der Waals surface area (Å²) >= 11 is 2.11. The molecule has 3 aliphatic carbocycles. The zero-order chi connectivity index (χ0) is 24.6. The summed E-state index contributed by atoms with van der Waals surface area (Å²) in [5, 5.41) is 0.615. The fourth-order valence-corrected chi connectivity index (χ4v) is 8.06. The van der Waals surface area contributed by atoms with Crippen molar-refractivity contribution in [1.29, 1.82) is 0 Å². The second-order valence-corrected chi connectivity index (χ2v) is 12.0. The third-order valence-electron chi connectivity index (χ3n) is 8.28. The minimum absolute atomic E-state index is 0.522. The van der Waals surface area contributed by atoms with Crippen LogP contribution in [-0.4, -0.2) is 9.82 Å². The van der Waals surface area contributed by atoms with Crippen LogP contribution in [0.4, 0.5) is 0 Å². The van der Waals surface area contributed by atoms with Crippen LogP contribution in [0.5, 0.6) is 0 Å². The normalized spacial score (nSPS) is 24.2. The summed E-state index contributed by atoms with van der Waals surface area (Å²) < 4.78 is 2.53. The van der Waals surface area contributed by atoms with Gasteiger partial charge < -0.3 is 4.57 Å². The average Bonchev–Trinajstić information content (AvgIpc) is 3.44. The molecule has 0 N–H and O–H groups in total. The molecule has 36 heavy (non-hydrogen) atoms. The van der Waals surface area contributed by atoms with Crippen LogP contribution < -0.4 is 0 Å². The van der Waals surface area contributed by atoms with E-state index in [1.807, 2.05) is 0 Å². The van der Waals surface area contributed by atoms with Crippen molar-refractivity contribution in [2.75, 3.05) is 0 Å². The van der Waals surface area contributed by atoms with Gasteiger partial charge in [0.05, 0.1) is 0 Å². The lowest BCUT2D eigenvalue weighted by atomic mass is 9.81. The molecule has 0 radical (unpaired) electrons. The highest BCUT2D eigenvalue weighted by Crippen LogP contribution is 2.53. The minimum atomic E-state index is 0.522. The first-order chi connectivity index (χ1) is 17.7. The fraction of sp³-hybridized carbons (Fsp3) is 0.353. The van der Waals surface area contributed by atoms with Crippen molar-refractivity contribution in [3.63, 3.8) is 0 Å². The number of nitrogens with zero attached hydrogens (tertiary/aromatic N) is 1. The minimum Gasteiger partial charge on any atom is -0.310 e. The molecule has 0 amide bonds. The Hall–Kier alpha value is -2.71. The largest absolute Gasteiger partial charge is 0.310 e. The second-order valence-electron chi connectivity index (χ2n) is 10.8. The SMILES string of the molecule is CCc1c2c(n(-c3cccc(C(C)C)c3)c1/C=C\CC1=C3SC4C=CC=CC4C3CC=C1)C=CCC2. The number of hydrogen-bond donors (Lipinski definition) is 0. The van der Waals surface area contributed by atoms with Crippen molar-refractivity contribution in [3.05, 3.63) is 111 Å². The summed E-state index contributed by atoms with van der Waals surface area (Å²) in [6.45, 7) is 6.88. The molecule has 2 aromatic rings. The summed E-state index contributed by atoms with van der Waals surface area (Å²) in [6, 6.07) is 9.16. The lowest BCUT2D eigenvalue weighted by Gasteiger charge is -2.22. The number of rotatable bonds is 6. The molecule has 2 heteroatoms. The van der Waals surface area contributed by atoms with Crippen molar-refractivity contribution in [2.45, 2.75) is 64.0 Å². The third kappa shape index (κ3) is 4.14. The zero-order valence-corrected chi connectivity index (χ0v) is 22.6. The van der Waals surface area contributed by atoms with Gasteiger partial charge in [0.15, 0.2) is 0 Å². The van der Waals surface area contributed by atoms with Crippen molar-refractivity contribution in [3.8, 4) is 5.69 Å². The molecule has 1 nitrogen and oxygen atoms in total. The van der Waals surface area contributed by atoms with Gasteiger partial charge in [-0.05, 0) is 89.5 Å². The number of benzene rings is 1. The molecule has 1 saturated heterocycles. The molecule has 2 heterocycles. The lowest BCUT2D eigenvalue weighted by molar-refractivity contribution is 0.496. The Labute approximate surface area is 221 Å². The maximum atomic E-state index is 2.53. The van der Waals surface area contributed by atoms with Gasteiger partial charge in [0.1, 0.15) is 0 Å². The Morgan fingerprint density at radius 2 is 2.00 bits per heavy atom. The van der Waals surface area contributed by atoms with Crippen LogP contribution in [0.2, 0.25) is 0 Å². The molecular weight excluding hydrogens is 454 g/mol. The topological polar surface area (TPSA) is 4.93 Å². The van der Waals surface area contributed by atoms with Gasteiger partial charge in [-0.25, -0.2) is 0 Å². The number of hydrogen-bond acceptors (Lipinski definition) is 1. The van der Waals surface area contributed by atoms with Crippen LogP contribution in [0.3, 0.4) is 0 Å². The van der Waals surface area contributed by atoms with E-state index in [2.05, 4.69) is 122 Å². The Balaban J connectivity index is 1.38. The number of fused-ring (bicyclic) bond motifs is 4. The first kappa shape index (κ1) is 23.7. The van der Waals surface area contributed by atoms with Crippen molar-refractivity contribution in [1.82, 2.24) is 4.57 Å². The lowest BCUT2D eigenvalue weighted by Crippen LogP contribution is -2.17. The van der Waals surface area contributed by atoms with E-state index in [9.17, 15) is 0 Å². The van der Waals surface area contributed by atoms with E-state index in [0.717, 1.165) is 25.7 Å². The number of aromatic nitrogens is 1. The first-order valence-corrected chi connectivity index (χ1v) is 14.6. The monoisotopic (exact) mass is 491 g/mol.